The Morgan fingerprint density at radius 2 is 1.12 bits per heavy atom. The Balaban J connectivity index is 0.000000400. The van der Waals surface area contributed by atoms with Crippen molar-refractivity contribution in [2.24, 2.45) is 16.6 Å². The van der Waals surface area contributed by atoms with Crippen LogP contribution in [0.3, 0.4) is 0 Å². The van der Waals surface area contributed by atoms with Gasteiger partial charge in [0.05, 0.1) is 12.8 Å². The van der Waals surface area contributed by atoms with E-state index < -0.39 is 46.2 Å². The number of carboxylic acids is 2. The molecule has 2 fully saturated rings. The molecule has 2 aliphatic rings. The molecule has 2 saturated carbocycles. The Morgan fingerprint density at radius 1 is 0.775 bits per heavy atom. The van der Waals surface area contributed by atoms with E-state index in [0.29, 0.717) is 32.2 Å². The first-order valence-electron chi connectivity index (χ1n) is 13.9. The summed E-state index contributed by atoms with van der Waals surface area (Å²) in [6.07, 6.45) is 3.72. The molecule has 0 spiro atoms. The van der Waals surface area contributed by atoms with Crippen molar-refractivity contribution in [3.8, 4) is 0 Å². The van der Waals surface area contributed by atoms with E-state index in [1.807, 2.05) is 0 Å². The van der Waals surface area contributed by atoms with Gasteiger partial charge in [-0.25, -0.2) is 9.59 Å². The van der Waals surface area contributed by atoms with E-state index in [-0.39, 0.29) is 31.2 Å². The van der Waals surface area contributed by atoms with E-state index in [1.165, 1.54) is 0 Å². The van der Waals surface area contributed by atoms with Gasteiger partial charge in [-0.3, -0.25) is 14.4 Å². The van der Waals surface area contributed by atoms with Crippen LogP contribution in [-0.4, -0.2) is 70.5 Å². The molecular weight excluding hydrogens is 522 g/mol. The number of aliphatic carboxylic acids is 2. The highest BCUT2D eigenvalue weighted by Gasteiger charge is 2.38. The van der Waals surface area contributed by atoms with Crippen LogP contribution in [0.5, 0.6) is 0 Å². The molecule has 0 aromatic heterocycles. The smallest absolute Gasteiger partial charge is 0.407 e. The standard InChI is InChI=1S/C14H26N2O4.C14H23NO5/c1-13(2,3)20-12(19)16-9-14(8-11(17)18)6-4-10(15)5-7-14;1-13(2,3)20-12(19)15-9-14(8-11(17)18)6-4-10(16)5-7-14/h10H,4-9,15H2,1-3H3,(H,16,19)(H,17,18);4-9H2,1-3H3,(H,15,19)(H,17,18). The molecule has 0 atom stereocenters. The molecule has 0 aromatic carbocycles. The predicted molar refractivity (Wildman–Crippen MR) is 148 cm³/mol. The van der Waals surface area contributed by atoms with Crippen molar-refractivity contribution in [1.29, 1.82) is 0 Å². The number of Topliss-reactive ketones (excluding diaryl/α,β-unsaturated/α-hetero) is 1. The second-order valence-corrected chi connectivity index (χ2v) is 13.2. The number of rotatable bonds is 8. The average Bonchev–Trinajstić information content (AvgIpc) is 2.78. The first kappa shape index (κ1) is 35.1. The highest BCUT2D eigenvalue weighted by atomic mass is 16.6. The van der Waals surface area contributed by atoms with Crippen LogP contribution in [0.1, 0.15) is 106 Å². The number of ether oxygens (including phenoxy) is 2. The summed E-state index contributed by atoms with van der Waals surface area (Å²) in [6, 6.07) is 0.137. The molecule has 0 radical (unpaired) electrons. The van der Waals surface area contributed by atoms with Gasteiger partial charge in [-0.05, 0) is 90.9 Å². The molecular formula is C28H49N3O9. The Kier molecular flexibility index (Phi) is 12.9. The molecule has 2 rings (SSSR count). The van der Waals surface area contributed by atoms with Gasteiger partial charge in [0.25, 0.3) is 0 Å². The van der Waals surface area contributed by atoms with Gasteiger partial charge in [-0.15, -0.1) is 0 Å². The number of ketones is 1. The van der Waals surface area contributed by atoms with E-state index >= 15 is 0 Å². The number of hydrogen-bond acceptors (Lipinski definition) is 8. The van der Waals surface area contributed by atoms with E-state index in [9.17, 15) is 24.0 Å². The Bertz CT molecular complexity index is 888. The Morgan fingerprint density at radius 3 is 1.45 bits per heavy atom. The van der Waals surface area contributed by atoms with E-state index in [1.54, 1.807) is 41.5 Å². The molecule has 2 amide bonds. The van der Waals surface area contributed by atoms with Crippen LogP contribution in [0.15, 0.2) is 0 Å². The van der Waals surface area contributed by atoms with E-state index in [4.69, 9.17) is 25.4 Å². The van der Waals surface area contributed by atoms with Crippen LogP contribution < -0.4 is 16.4 Å². The van der Waals surface area contributed by atoms with Gasteiger partial charge < -0.3 is 36.1 Å². The normalized spacial score (nSPS) is 22.7. The lowest BCUT2D eigenvalue weighted by molar-refractivity contribution is -0.142. The zero-order valence-electron chi connectivity index (χ0n) is 24.9. The minimum Gasteiger partial charge on any atom is -0.481 e. The van der Waals surface area contributed by atoms with Crippen LogP contribution in [0, 0.1) is 10.8 Å². The number of amides is 2. The number of alkyl carbamates (subject to hydrolysis) is 2. The van der Waals surface area contributed by atoms with Crippen molar-refractivity contribution < 1.29 is 43.7 Å². The van der Waals surface area contributed by atoms with Crippen molar-refractivity contribution in [2.75, 3.05) is 13.1 Å². The average molecular weight is 572 g/mol. The molecule has 230 valence electrons. The minimum absolute atomic E-state index is 0.0456. The molecule has 0 saturated heterocycles. The lowest BCUT2D eigenvalue weighted by atomic mass is 9.70. The van der Waals surface area contributed by atoms with Gasteiger partial charge in [0.15, 0.2) is 0 Å². The lowest BCUT2D eigenvalue weighted by Gasteiger charge is -2.38. The molecule has 0 bridgehead atoms. The van der Waals surface area contributed by atoms with Crippen molar-refractivity contribution in [3.05, 3.63) is 0 Å². The maximum absolute atomic E-state index is 11.7. The molecule has 0 heterocycles. The molecule has 40 heavy (non-hydrogen) atoms. The summed E-state index contributed by atoms with van der Waals surface area (Å²) in [6.45, 7) is 11.2. The fraction of sp³-hybridized carbons (Fsp3) is 0.821. The number of carbonyl (C=O) groups excluding carboxylic acids is 3. The van der Waals surface area contributed by atoms with Crippen LogP contribution in [-0.2, 0) is 23.9 Å². The summed E-state index contributed by atoms with van der Waals surface area (Å²) < 4.78 is 10.3. The zero-order valence-corrected chi connectivity index (χ0v) is 24.9. The second-order valence-electron chi connectivity index (χ2n) is 13.2. The van der Waals surface area contributed by atoms with Gasteiger partial charge in [-0.1, -0.05) is 0 Å². The molecule has 2 aliphatic carbocycles. The molecule has 0 aliphatic heterocycles. The highest BCUT2D eigenvalue weighted by Crippen LogP contribution is 2.39. The minimum atomic E-state index is -0.912. The quantitative estimate of drug-likeness (QED) is 0.284. The van der Waals surface area contributed by atoms with Gasteiger partial charge >= 0.3 is 24.1 Å². The number of nitrogens with two attached hydrogens (primary N) is 1. The third kappa shape index (κ3) is 14.5. The first-order chi connectivity index (χ1) is 18.2. The molecule has 12 nitrogen and oxygen atoms in total. The summed E-state index contributed by atoms with van der Waals surface area (Å²) in [5, 5.41) is 23.4. The van der Waals surface area contributed by atoms with Gasteiger partial charge in [-0.2, -0.15) is 0 Å². The number of carbonyl (C=O) groups is 5. The number of carboxylic acid groups (broad SMARTS) is 2. The monoisotopic (exact) mass is 571 g/mol. The van der Waals surface area contributed by atoms with Crippen LogP contribution in [0.25, 0.3) is 0 Å². The largest absolute Gasteiger partial charge is 0.481 e. The Hall–Kier alpha value is -2.89. The SMILES string of the molecule is CC(C)(C)OC(=O)NCC1(CC(=O)O)CCC(=O)CC1.CC(C)(C)OC(=O)NCC1(CC(=O)O)CCC(N)CC1. The van der Waals surface area contributed by atoms with Gasteiger partial charge in [0, 0.05) is 32.0 Å². The number of nitrogens with one attached hydrogen (secondary N) is 2. The molecule has 0 unspecified atom stereocenters. The van der Waals surface area contributed by atoms with Crippen molar-refractivity contribution in [3.63, 3.8) is 0 Å². The zero-order chi connectivity index (χ0) is 30.8. The Labute approximate surface area is 237 Å². The molecule has 12 heteroatoms. The third-order valence-electron chi connectivity index (χ3n) is 7.02. The summed E-state index contributed by atoms with van der Waals surface area (Å²) in [4.78, 5) is 56.7. The van der Waals surface area contributed by atoms with Crippen molar-refractivity contribution >= 4 is 29.9 Å². The van der Waals surface area contributed by atoms with E-state index in [0.717, 1.165) is 25.7 Å². The third-order valence-corrected chi connectivity index (χ3v) is 7.02. The first-order valence-corrected chi connectivity index (χ1v) is 13.9. The summed E-state index contributed by atoms with van der Waals surface area (Å²) in [5.74, 6) is -1.60. The molecule has 0 aromatic rings. The summed E-state index contributed by atoms with van der Waals surface area (Å²) in [7, 11) is 0. The topological polar surface area (TPSA) is 194 Å². The fourth-order valence-electron chi connectivity index (χ4n) is 4.93. The van der Waals surface area contributed by atoms with E-state index in [2.05, 4.69) is 10.6 Å². The van der Waals surface area contributed by atoms with Crippen molar-refractivity contribution in [1.82, 2.24) is 10.6 Å². The maximum atomic E-state index is 11.7. The van der Waals surface area contributed by atoms with Gasteiger partial charge in [0.1, 0.15) is 17.0 Å². The summed E-state index contributed by atoms with van der Waals surface area (Å²) >= 11 is 0. The van der Waals surface area contributed by atoms with Crippen LogP contribution in [0.2, 0.25) is 0 Å². The van der Waals surface area contributed by atoms with Gasteiger partial charge in [0.2, 0.25) is 0 Å². The van der Waals surface area contributed by atoms with Crippen molar-refractivity contribution in [2.45, 2.75) is 123 Å². The van der Waals surface area contributed by atoms with Crippen LogP contribution >= 0.6 is 0 Å². The maximum Gasteiger partial charge on any atom is 0.407 e. The number of hydrogen-bond donors (Lipinski definition) is 5. The van der Waals surface area contributed by atoms with Crippen LogP contribution in [0.4, 0.5) is 9.59 Å². The molecule has 6 N–H and O–H groups in total. The second kappa shape index (κ2) is 14.7. The fourth-order valence-corrected chi connectivity index (χ4v) is 4.93. The lowest BCUT2D eigenvalue weighted by Crippen LogP contribution is -2.44. The highest BCUT2D eigenvalue weighted by molar-refractivity contribution is 5.80. The predicted octanol–water partition coefficient (Wildman–Crippen LogP) is 3.99. The summed E-state index contributed by atoms with van der Waals surface area (Å²) in [5.41, 5.74) is 3.77.